The number of ether oxygens (including phenoxy) is 1. The number of nitro benzene ring substituents is 1. The van der Waals surface area contributed by atoms with Crippen LogP contribution in [0.1, 0.15) is 79.1 Å². The van der Waals surface area contributed by atoms with Crippen LogP contribution in [0.5, 0.6) is 0 Å². The summed E-state index contributed by atoms with van der Waals surface area (Å²) in [6.45, 7) is 13.7. The first kappa shape index (κ1) is 35.2. The standard InChI is InChI=1S/C33H51NO5SeSi/c1-8-9-12-17-27(39-41(6,7)33(2,3)4)24-22-26-23-25-30(40-31-20-16-15-19-29(31)34(36)37)28(26)18-13-10-11-14-21-32(35)38-5/h10,13,15-16,19-20,22-28,30H,8-9,11-12,14,17-18,21H2,1-7H3/b13-10-,24-22+/t26-,27?,28-,30-/m1/s1. The summed E-state index contributed by atoms with van der Waals surface area (Å²) in [6, 6.07) is 7.16. The molecule has 0 amide bonds. The van der Waals surface area contributed by atoms with Gasteiger partial charge in [0.2, 0.25) is 0 Å². The van der Waals surface area contributed by atoms with Crippen molar-refractivity contribution in [3.63, 3.8) is 0 Å². The Morgan fingerprint density at radius 2 is 1.88 bits per heavy atom. The second kappa shape index (κ2) is 17.2. The van der Waals surface area contributed by atoms with Gasteiger partial charge in [0.25, 0.3) is 0 Å². The third kappa shape index (κ3) is 11.7. The molecule has 4 atom stereocenters. The predicted octanol–water partition coefficient (Wildman–Crippen LogP) is 8.33. The number of benzene rings is 1. The van der Waals surface area contributed by atoms with Crippen LogP contribution in [0.4, 0.5) is 5.69 Å². The number of rotatable bonds is 17. The first-order valence-electron chi connectivity index (χ1n) is 15.1. The van der Waals surface area contributed by atoms with Crippen LogP contribution >= 0.6 is 0 Å². The van der Waals surface area contributed by atoms with Gasteiger partial charge in [-0.25, -0.2) is 0 Å². The molecule has 8 heteroatoms. The van der Waals surface area contributed by atoms with Crippen molar-refractivity contribution in [3.05, 3.63) is 70.8 Å². The van der Waals surface area contributed by atoms with Gasteiger partial charge < -0.3 is 0 Å². The molecule has 0 aliphatic heterocycles. The van der Waals surface area contributed by atoms with Crippen molar-refractivity contribution < 1.29 is 18.9 Å². The molecule has 0 radical (unpaired) electrons. The molecule has 0 spiro atoms. The van der Waals surface area contributed by atoms with E-state index in [0.717, 1.165) is 36.6 Å². The van der Waals surface area contributed by atoms with Crippen LogP contribution < -0.4 is 4.46 Å². The molecule has 1 aliphatic rings. The zero-order valence-electron chi connectivity index (χ0n) is 26.1. The van der Waals surface area contributed by atoms with Crippen molar-refractivity contribution in [3.8, 4) is 0 Å². The average Bonchev–Trinajstić information content (AvgIpc) is 3.29. The first-order valence-corrected chi connectivity index (χ1v) is 19.8. The van der Waals surface area contributed by atoms with Gasteiger partial charge in [-0.05, 0) is 0 Å². The summed E-state index contributed by atoms with van der Waals surface area (Å²) >= 11 is -0.0652. The van der Waals surface area contributed by atoms with Gasteiger partial charge in [0, 0.05) is 0 Å². The summed E-state index contributed by atoms with van der Waals surface area (Å²) in [7, 11) is -0.502. The summed E-state index contributed by atoms with van der Waals surface area (Å²) in [5.74, 6) is 0.400. The van der Waals surface area contributed by atoms with Gasteiger partial charge in [-0.1, -0.05) is 0 Å². The van der Waals surface area contributed by atoms with E-state index in [-0.39, 0.29) is 53.4 Å². The molecule has 0 aromatic heterocycles. The van der Waals surface area contributed by atoms with Gasteiger partial charge >= 0.3 is 256 Å². The number of carbonyl (C=O) groups is 1. The fraction of sp³-hybridized carbons (Fsp3) is 0.606. The number of hydrogen-bond donors (Lipinski definition) is 0. The van der Waals surface area contributed by atoms with E-state index in [9.17, 15) is 14.9 Å². The molecule has 1 aromatic rings. The van der Waals surface area contributed by atoms with E-state index < -0.39 is 8.32 Å². The second-order valence-corrected chi connectivity index (χ2v) is 19.7. The number of para-hydroxylation sites is 1. The summed E-state index contributed by atoms with van der Waals surface area (Å²) in [6.07, 6.45) is 21.2. The molecule has 0 heterocycles. The minimum atomic E-state index is -1.92. The molecular weight excluding hydrogens is 597 g/mol. The first-order chi connectivity index (χ1) is 19.4. The Kier molecular flexibility index (Phi) is 14.8. The van der Waals surface area contributed by atoms with Gasteiger partial charge in [0.1, 0.15) is 0 Å². The van der Waals surface area contributed by atoms with E-state index in [1.54, 1.807) is 12.1 Å². The Bertz CT molecular complexity index is 1060. The van der Waals surface area contributed by atoms with E-state index in [2.05, 4.69) is 77.2 Å². The number of carbonyl (C=O) groups excluding carboxylic acids is 1. The fourth-order valence-electron chi connectivity index (χ4n) is 4.66. The topological polar surface area (TPSA) is 78.7 Å². The molecule has 0 N–H and O–H groups in total. The summed E-state index contributed by atoms with van der Waals surface area (Å²) in [4.78, 5) is 23.1. The molecule has 41 heavy (non-hydrogen) atoms. The van der Waals surface area contributed by atoms with Crippen molar-refractivity contribution in [1.29, 1.82) is 0 Å². The van der Waals surface area contributed by atoms with E-state index >= 15 is 0 Å². The third-order valence-electron chi connectivity index (χ3n) is 8.21. The number of nitro groups is 1. The Hall–Kier alpha value is -1.99. The van der Waals surface area contributed by atoms with E-state index in [4.69, 9.17) is 9.16 Å². The number of nitrogens with zero attached hydrogens (tertiary/aromatic N) is 1. The zero-order chi connectivity index (χ0) is 30.5. The van der Waals surface area contributed by atoms with Crippen LogP contribution in [-0.4, -0.2) is 47.4 Å². The Morgan fingerprint density at radius 3 is 2.54 bits per heavy atom. The van der Waals surface area contributed by atoms with Crippen molar-refractivity contribution in [2.75, 3.05) is 7.11 Å². The Labute approximate surface area is 255 Å². The quantitative estimate of drug-likeness (QED) is 0.0424. The molecule has 1 unspecified atom stereocenters. The van der Waals surface area contributed by atoms with Gasteiger partial charge in [-0.2, -0.15) is 0 Å². The number of unbranched alkanes of at least 4 members (excludes halogenated alkanes) is 3. The summed E-state index contributed by atoms with van der Waals surface area (Å²) in [5, 5.41) is 11.8. The van der Waals surface area contributed by atoms with Gasteiger partial charge in [-0.15, -0.1) is 0 Å². The minimum absolute atomic E-state index is 0.0652. The van der Waals surface area contributed by atoms with Crippen molar-refractivity contribution in [2.45, 2.75) is 108 Å². The van der Waals surface area contributed by atoms with Gasteiger partial charge in [-0.3, -0.25) is 0 Å². The molecule has 6 nitrogen and oxygen atoms in total. The van der Waals surface area contributed by atoms with Crippen LogP contribution in [0.2, 0.25) is 22.9 Å². The predicted molar refractivity (Wildman–Crippen MR) is 173 cm³/mol. The van der Waals surface area contributed by atoms with Crippen LogP contribution in [0, 0.1) is 22.0 Å². The maximum atomic E-state index is 11.7. The van der Waals surface area contributed by atoms with Crippen LogP contribution in [0.3, 0.4) is 0 Å². The molecular formula is C33H51NO5SeSi. The summed E-state index contributed by atoms with van der Waals surface area (Å²) < 4.78 is 12.5. The molecule has 2 rings (SSSR count). The van der Waals surface area contributed by atoms with Gasteiger partial charge in [0.15, 0.2) is 0 Å². The van der Waals surface area contributed by atoms with Crippen molar-refractivity contribution in [1.82, 2.24) is 0 Å². The normalized spacial score (nSPS) is 20.2. The number of methoxy groups -OCH3 is 1. The zero-order valence-corrected chi connectivity index (χ0v) is 28.8. The number of esters is 1. The SMILES string of the molecule is CCCCCC(/C=C/[C@@H]1C=C[C@@H]([Se]c2ccccc2[N+](=O)[O-])[C@@H]1C/C=C\CCCC(=O)OC)O[Si](C)(C)C(C)(C)C. The molecule has 0 saturated heterocycles. The second-order valence-electron chi connectivity index (χ2n) is 12.4. The molecule has 228 valence electrons. The van der Waals surface area contributed by atoms with Crippen LogP contribution in [-0.2, 0) is 14.0 Å². The molecule has 1 aliphatic carbocycles. The molecule has 0 fully saturated rings. The van der Waals surface area contributed by atoms with E-state index in [1.165, 1.54) is 20.0 Å². The Balaban J connectivity index is 2.23. The molecule has 0 saturated carbocycles. The van der Waals surface area contributed by atoms with E-state index in [0.29, 0.717) is 12.3 Å². The molecule has 0 bridgehead atoms. The summed E-state index contributed by atoms with van der Waals surface area (Å²) in [5.41, 5.74) is 0.218. The number of hydrogen-bond acceptors (Lipinski definition) is 5. The number of allylic oxidation sites excluding steroid dienone is 5. The van der Waals surface area contributed by atoms with Crippen LogP contribution in [0.25, 0.3) is 0 Å². The van der Waals surface area contributed by atoms with Gasteiger partial charge in [0.05, 0.1) is 0 Å². The molecule has 1 aromatic carbocycles. The third-order valence-corrected chi connectivity index (χ3v) is 15.6. The maximum absolute atomic E-state index is 11.7. The van der Waals surface area contributed by atoms with Crippen molar-refractivity contribution >= 4 is 39.4 Å². The monoisotopic (exact) mass is 649 g/mol. The Morgan fingerprint density at radius 1 is 1.15 bits per heavy atom. The van der Waals surface area contributed by atoms with Crippen LogP contribution in [0.15, 0.2) is 60.7 Å². The average molecular weight is 649 g/mol. The van der Waals surface area contributed by atoms with Crippen molar-refractivity contribution in [2.24, 2.45) is 11.8 Å². The van der Waals surface area contributed by atoms with E-state index in [1.807, 2.05) is 12.1 Å². The fourth-order valence-corrected chi connectivity index (χ4v) is 8.80.